The van der Waals surface area contributed by atoms with Crippen LogP contribution in [0.5, 0.6) is 0 Å². The fourth-order valence-corrected chi connectivity index (χ4v) is 3.18. The Bertz CT molecular complexity index is 1180. The molecule has 0 bridgehead atoms. The number of nitro groups is 1. The van der Waals surface area contributed by atoms with Gasteiger partial charge in [-0.1, -0.05) is 24.0 Å². The van der Waals surface area contributed by atoms with Crippen molar-refractivity contribution in [2.45, 2.75) is 33.6 Å². The van der Waals surface area contributed by atoms with Gasteiger partial charge in [0.05, 0.1) is 10.5 Å². The summed E-state index contributed by atoms with van der Waals surface area (Å²) in [5, 5.41) is 15.8. The highest BCUT2D eigenvalue weighted by atomic mass is 19.1. The quantitative estimate of drug-likeness (QED) is 0.311. The van der Waals surface area contributed by atoms with Gasteiger partial charge >= 0.3 is 0 Å². The van der Waals surface area contributed by atoms with Gasteiger partial charge in [0.25, 0.3) is 5.69 Å². The molecule has 0 saturated heterocycles. The summed E-state index contributed by atoms with van der Waals surface area (Å²) in [5.41, 5.74) is 2.04. The third-order valence-electron chi connectivity index (χ3n) is 4.67. The number of hydrogen-bond acceptors (Lipinski definition) is 3. The van der Waals surface area contributed by atoms with E-state index in [2.05, 4.69) is 16.9 Å². The first kappa shape index (κ1) is 22.2. The van der Waals surface area contributed by atoms with Crippen LogP contribution in [-0.4, -0.2) is 14.7 Å². The second kappa shape index (κ2) is 8.68. The van der Waals surface area contributed by atoms with Crippen LogP contribution in [0.15, 0.2) is 42.6 Å². The molecule has 0 aliphatic carbocycles. The van der Waals surface area contributed by atoms with Crippen molar-refractivity contribution in [3.63, 3.8) is 0 Å². The molecule has 0 N–H and O–H groups in total. The van der Waals surface area contributed by atoms with Crippen molar-refractivity contribution in [2.75, 3.05) is 0 Å². The van der Waals surface area contributed by atoms with Gasteiger partial charge in [-0.05, 0) is 51.3 Å². The molecule has 7 heteroatoms. The zero-order valence-electron chi connectivity index (χ0n) is 17.9. The van der Waals surface area contributed by atoms with Crippen LogP contribution >= 0.6 is 0 Å². The SMILES string of the molecule is Cn1cc(C#CC(C)(C)C)c(-c2cc([N+](=O)[O-])ccc2CCc2c(F)cccc2F)n1. The molecule has 0 amide bonds. The molecule has 0 radical (unpaired) electrons. The average molecular weight is 423 g/mol. The van der Waals surface area contributed by atoms with Crippen molar-refractivity contribution in [2.24, 2.45) is 12.5 Å². The highest BCUT2D eigenvalue weighted by Crippen LogP contribution is 2.31. The van der Waals surface area contributed by atoms with Gasteiger partial charge in [-0.2, -0.15) is 5.10 Å². The van der Waals surface area contributed by atoms with Crippen LogP contribution in [0.25, 0.3) is 11.3 Å². The Labute approximate surface area is 179 Å². The van der Waals surface area contributed by atoms with Gasteiger partial charge < -0.3 is 0 Å². The average Bonchev–Trinajstić information content (AvgIpc) is 3.06. The van der Waals surface area contributed by atoms with Crippen LogP contribution in [0.1, 0.15) is 37.5 Å². The van der Waals surface area contributed by atoms with Crippen LogP contribution in [0.2, 0.25) is 0 Å². The van der Waals surface area contributed by atoms with Crippen LogP contribution < -0.4 is 0 Å². The lowest BCUT2D eigenvalue weighted by atomic mass is 9.94. The van der Waals surface area contributed by atoms with E-state index in [0.717, 1.165) is 0 Å². The van der Waals surface area contributed by atoms with Gasteiger partial charge in [0.1, 0.15) is 17.3 Å². The van der Waals surface area contributed by atoms with Crippen molar-refractivity contribution in [3.8, 4) is 23.1 Å². The number of nitro benzene ring substituents is 1. The van der Waals surface area contributed by atoms with Crippen molar-refractivity contribution in [3.05, 3.63) is 81.0 Å². The number of aryl methyl sites for hydroxylation is 2. The van der Waals surface area contributed by atoms with Crippen molar-refractivity contribution < 1.29 is 13.7 Å². The Hall–Kier alpha value is -3.53. The van der Waals surface area contributed by atoms with E-state index in [4.69, 9.17) is 0 Å². The van der Waals surface area contributed by atoms with Gasteiger partial charge in [-0.3, -0.25) is 14.8 Å². The smallest absolute Gasteiger partial charge is 0.270 e. The summed E-state index contributed by atoms with van der Waals surface area (Å²) in [5.74, 6) is 5.05. The lowest BCUT2D eigenvalue weighted by Gasteiger charge is -2.10. The van der Waals surface area contributed by atoms with Gasteiger partial charge in [0.15, 0.2) is 0 Å². The standard InChI is InChI=1S/C24H23F2N3O2/c1-24(2,3)13-12-17-15-28(4)27-23(17)20-14-18(29(30)31)10-8-16(20)9-11-19-21(25)6-5-7-22(19)26/h5-8,10,14-15H,9,11H2,1-4H3. The second-order valence-corrected chi connectivity index (χ2v) is 8.36. The number of non-ortho nitro benzene ring substituents is 1. The fraction of sp³-hybridized carbons (Fsp3) is 0.292. The van der Waals surface area contributed by atoms with Crippen LogP contribution in [-0.2, 0) is 19.9 Å². The maximum atomic E-state index is 14.1. The van der Waals surface area contributed by atoms with Crippen molar-refractivity contribution >= 4 is 5.69 Å². The van der Waals surface area contributed by atoms with E-state index in [1.54, 1.807) is 24.0 Å². The first-order valence-corrected chi connectivity index (χ1v) is 9.82. The van der Waals surface area contributed by atoms with E-state index in [-0.39, 0.29) is 29.5 Å². The molecule has 0 fully saturated rings. The Kier molecular flexibility index (Phi) is 6.21. The van der Waals surface area contributed by atoms with Crippen LogP contribution in [0.3, 0.4) is 0 Å². The predicted molar refractivity (Wildman–Crippen MR) is 115 cm³/mol. The molecule has 0 unspecified atom stereocenters. The van der Waals surface area contributed by atoms with E-state index < -0.39 is 16.6 Å². The molecular weight excluding hydrogens is 400 g/mol. The Balaban J connectivity index is 2.08. The third-order valence-corrected chi connectivity index (χ3v) is 4.67. The first-order chi connectivity index (χ1) is 14.5. The molecule has 1 aromatic heterocycles. The molecule has 0 aliphatic heterocycles. The second-order valence-electron chi connectivity index (χ2n) is 8.36. The fourth-order valence-electron chi connectivity index (χ4n) is 3.18. The lowest BCUT2D eigenvalue weighted by Crippen LogP contribution is -2.02. The van der Waals surface area contributed by atoms with Gasteiger partial charge in [-0.15, -0.1) is 0 Å². The van der Waals surface area contributed by atoms with Crippen LogP contribution in [0, 0.1) is 39.0 Å². The molecule has 3 rings (SSSR count). The molecule has 3 aromatic rings. The van der Waals surface area contributed by atoms with E-state index in [1.165, 1.54) is 30.3 Å². The lowest BCUT2D eigenvalue weighted by molar-refractivity contribution is -0.384. The largest absolute Gasteiger partial charge is 0.274 e. The highest BCUT2D eigenvalue weighted by Gasteiger charge is 2.19. The maximum absolute atomic E-state index is 14.1. The molecule has 0 atom stereocenters. The molecule has 5 nitrogen and oxygen atoms in total. The van der Waals surface area contributed by atoms with Crippen molar-refractivity contribution in [1.29, 1.82) is 0 Å². The number of nitrogens with zero attached hydrogens (tertiary/aromatic N) is 3. The molecule has 2 aromatic carbocycles. The summed E-state index contributed by atoms with van der Waals surface area (Å²) in [6.07, 6.45) is 2.15. The van der Waals surface area contributed by atoms with Crippen molar-refractivity contribution in [1.82, 2.24) is 9.78 Å². The van der Waals surface area contributed by atoms with Crippen LogP contribution in [0.4, 0.5) is 14.5 Å². The first-order valence-electron chi connectivity index (χ1n) is 9.82. The number of aromatic nitrogens is 2. The molecule has 160 valence electrons. The third kappa shape index (κ3) is 5.34. The monoisotopic (exact) mass is 423 g/mol. The number of rotatable bonds is 5. The van der Waals surface area contributed by atoms with Gasteiger partial charge in [0, 0.05) is 41.9 Å². The molecule has 0 aliphatic rings. The highest BCUT2D eigenvalue weighted by molar-refractivity contribution is 5.72. The maximum Gasteiger partial charge on any atom is 0.270 e. The van der Waals surface area contributed by atoms with Gasteiger partial charge in [0.2, 0.25) is 0 Å². The number of benzene rings is 2. The molecule has 1 heterocycles. The minimum Gasteiger partial charge on any atom is -0.274 e. The minimum absolute atomic E-state index is 0.0134. The summed E-state index contributed by atoms with van der Waals surface area (Å²) in [6, 6.07) is 8.20. The summed E-state index contributed by atoms with van der Waals surface area (Å²) in [6.45, 7) is 5.95. The van der Waals surface area contributed by atoms with E-state index >= 15 is 0 Å². The summed E-state index contributed by atoms with van der Waals surface area (Å²) < 4.78 is 29.7. The topological polar surface area (TPSA) is 61.0 Å². The zero-order chi connectivity index (χ0) is 22.8. The molecule has 0 saturated carbocycles. The Morgan fingerprint density at radius 2 is 1.81 bits per heavy atom. The molecule has 31 heavy (non-hydrogen) atoms. The zero-order valence-corrected chi connectivity index (χ0v) is 17.9. The predicted octanol–water partition coefficient (Wildman–Crippen LogP) is 5.46. The summed E-state index contributed by atoms with van der Waals surface area (Å²) in [7, 11) is 1.75. The minimum atomic E-state index is -0.613. The normalized spacial score (nSPS) is 11.2. The summed E-state index contributed by atoms with van der Waals surface area (Å²) in [4.78, 5) is 10.9. The Morgan fingerprint density at radius 3 is 2.42 bits per heavy atom. The van der Waals surface area contributed by atoms with E-state index in [9.17, 15) is 18.9 Å². The Morgan fingerprint density at radius 1 is 1.13 bits per heavy atom. The van der Waals surface area contributed by atoms with Gasteiger partial charge in [-0.25, -0.2) is 8.78 Å². The van der Waals surface area contributed by atoms with E-state index in [0.29, 0.717) is 22.4 Å². The number of halogens is 2. The molecule has 0 spiro atoms. The summed E-state index contributed by atoms with van der Waals surface area (Å²) >= 11 is 0. The van der Waals surface area contributed by atoms with E-state index in [1.807, 2.05) is 20.8 Å². The number of hydrogen-bond donors (Lipinski definition) is 0. The molecular formula is C24H23F2N3O2.